The Bertz CT molecular complexity index is 306. The number of allylic oxidation sites excluding steroid dienone is 1. The molecule has 0 fully saturated rings. The van der Waals surface area contributed by atoms with E-state index in [4.69, 9.17) is 4.52 Å². The topological polar surface area (TPSA) is 63.6 Å². The molecule has 5 nitrogen and oxygen atoms in total. The molecular formula is C9H19NO4P+. The lowest BCUT2D eigenvalue weighted by molar-refractivity contribution is -0.870. The van der Waals surface area contributed by atoms with E-state index in [-0.39, 0.29) is 12.2 Å². The molecular weight excluding hydrogens is 217 g/mol. The van der Waals surface area contributed by atoms with Gasteiger partial charge in [0.05, 0.1) is 21.1 Å². The van der Waals surface area contributed by atoms with Gasteiger partial charge in [-0.05, 0) is 12.5 Å². The second-order valence-electron chi connectivity index (χ2n) is 4.45. The van der Waals surface area contributed by atoms with Gasteiger partial charge in [0.15, 0.2) is 0 Å². The summed E-state index contributed by atoms with van der Waals surface area (Å²) in [6.45, 7) is 5.31. The van der Waals surface area contributed by atoms with Crippen LogP contribution in [0.1, 0.15) is 6.92 Å². The Labute approximate surface area is 90.5 Å². The predicted octanol–water partition coefficient (Wildman–Crippen LogP) is 0.997. The maximum Gasteiger partial charge on any atom is 0.398 e. The van der Waals surface area contributed by atoms with E-state index in [2.05, 4.69) is 6.58 Å². The molecule has 0 radical (unpaired) electrons. The van der Waals surface area contributed by atoms with Crippen molar-refractivity contribution < 1.29 is 23.3 Å². The van der Waals surface area contributed by atoms with Crippen LogP contribution in [-0.4, -0.2) is 49.2 Å². The van der Waals surface area contributed by atoms with Crippen molar-refractivity contribution >= 4 is 13.1 Å². The maximum absolute atomic E-state index is 11.4. The lowest BCUT2D eigenvalue weighted by atomic mass is 10.4. The molecule has 0 spiro atoms. The van der Waals surface area contributed by atoms with E-state index < -0.39 is 13.1 Å². The van der Waals surface area contributed by atoms with Crippen LogP contribution in [0.3, 0.4) is 0 Å². The highest BCUT2D eigenvalue weighted by molar-refractivity contribution is 7.71. The Balaban J connectivity index is 4.24. The van der Waals surface area contributed by atoms with Crippen molar-refractivity contribution in [2.24, 2.45) is 0 Å². The van der Waals surface area contributed by atoms with E-state index >= 15 is 0 Å². The number of carbonyl (C=O) groups excluding carboxylic acids is 1. The lowest BCUT2D eigenvalue weighted by Crippen LogP contribution is -2.37. The first kappa shape index (κ1) is 14.5. The van der Waals surface area contributed by atoms with Crippen molar-refractivity contribution in [3.63, 3.8) is 0 Å². The summed E-state index contributed by atoms with van der Waals surface area (Å²) in [7, 11) is 1.59. The van der Waals surface area contributed by atoms with Gasteiger partial charge in [0.1, 0.15) is 13.2 Å². The van der Waals surface area contributed by atoms with Gasteiger partial charge in [-0.15, -0.1) is 0 Å². The largest absolute Gasteiger partial charge is 0.398 e. The summed E-state index contributed by atoms with van der Waals surface area (Å²) in [5.41, 5.74) is -0.880. The van der Waals surface area contributed by atoms with Crippen LogP contribution in [0.15, 0.2) is 12.2 Å². The molecule has 0 aliphatic heterocycles. The van der Waals surface area contributed by atoms with Gasteiger partial charge >= 0.3 is 7.60 Å². The molecule has 0 aliphatic rings. The highest BCUT2D eigenvalue weighted by Crippen LogP contribution is 2.44. The van der Waals surface area contributed by atoms with Crippen LogP contribution in [-0.2, 0) is 13.9 Å². The molecule has 1 atom stereocenters. The first-order valence-electron chi connectivity index (χ1n) is 4.54. The molecule has 0 bridgehead atoms. The van der Waals surface area contributed by atoms with Crippen molar-refractivity contribution in [3.8, 4) is 0 Å². The van der Waals surface area contributed by atoms with Gasteiger partial charge in [-0.3, -0.25) is 13.9 Å². The van der Waals surface area contributed by atoms with Gasteiger partial charge in [-0.25, -0.2) is 0 Å². The molecule has 6 heteroatoms. The zero-order chi connectivity index (χ0) is 12.3. The third kappa shape index (κ3) is 5.85. The van der Waals surface area contributed by atoms with Crippen LogP contribution in [0.2, 0.25) is 0 Å². The maximum atomic E-state index is 11.4. The molecule has 0 aromatic heterocycles. The summed E-state index contributed by atoms with van der Waals surface area (Å²) in [5.74, 6) is 0. The van der Waals surface area contributed by atoms with E-state index in [0.29, 0.717) is 11.0 Å². The fraction of sp³-hybridized carbons (Fsp3) is 0.667. The highest BCUT2D eigenvalue weighted by Gasteiger charge is 2.31. The van der Waals surface area contributed by atoms with Crippen LogP contribution in [0.25, 0.3) is 0 Å². The summed E-state index contributed by atoms with van der Waals surface area (Å²) < 4.78 is 16.7. The van der Waals surface area contributed by atoms with Crippen LogP contribution >= 0.6 is 7.60 Å². The van der Waals surface area contributed by atoms with E-state index in [1.807, 2.05) is 21.1 Å². The molecule has 0 aromatic carbocycles. The normalized spacial score (nSPS) is 15.8. The Morgan fingerprint density at radius 1 is 1.47 bits per heavy atom. The van der Waals surface area contributed by atoms with Crippen molar-refractivity contribution in [3.05, 3.63) is 12.2 Å². The Kier molecular flexibility index (Phi) is 4.87. The zero-order valence-electron chi connectivity index (χ0n) is 9.69. The molecule has 15 heavy (non-hydrogen) atoms. The van der Waals surface area contributed by atoms with Crippen molar-refractivity contribution in [2.45, 2.75) is 6.92 Å². The second kappa shape index (κ2) is 5.03. The van der Waals surface area contributed by atoms with Crippen molar-refractivity contribution in [2.75, 3.05) is 34.3 Å². The molecule has 88 valence electrons. The van der Waals surface area contributed by atoms with Gasteiger partial charge in [-0.2, -0.15) is 0 Å². The quantitative estimate of drug-likeness (QED) is 0.424. The molecule has 0 heterocycles. The molecule has 0 rings (SSSR count). The van der Waals surface area contributed by atoms with Gasteiger partial charge in [-0.1, -0.05) is 6.58 Å². The Morgan fingerprint density at radius 3 is 2.27 bits per heavy atom. The Morgan fingerprint density at radius 2 is 1.93 bits per heavy atom. The summed E-state index contributed by atoms with van der Waals surface area (Å²) in [6, 6.07) is 0. The summed E-state index contributed by atoms with van der Waals surface area (Å²) >= 11 is 0. The van der Waals surface area contributed by atoms with Crippen LogP contribution in [0.5, 0.6) is 0 Å². The number of likely N-dealkylation sites (N-methyl/N-ethyl adjacent to an activating group) is 1. The average Bonchev–Trinajstić information content (AvgIpc) is 1.99. The number of carbonyl (C=O) groups is 1. The van der Waals surface area contributed by atoms with E-state index in [9.17, 15) is 14.3 Å². The standard InChI is InChI=1S/C9H18NO4P/c1-8(2)9(11)15(12,13)14-7-6-10(3,4)5/h1,6-7H2,2-5H3/p+1. The van der Waals surface area contributed by atoms with E-state index in [1.54, 1.807) is 0 Å². The molecule has 1 unspecified atom stereocenters. The van der Waals surface area contributed by atoms with Gasteiger partial charge in [0.25, 0.3) is 5.52 Å². The lowest BCUT2D eigenvalue weighted by Gasteiger charge is -2.23. The van der Waals surface area contributed by atoms with Crippen LogP contribution < -0.4 is 0 Å². The monoisotopic (exact) mass is 236 g/mol. The zero-order valence-corrected chi connectivity index (χ0v) is 10.6. The number of rotatable bonds is 6. The van der Waals surface area contributed by atoms with Crippen LogP contribution in [0.4, 0.5) is 0 Å². The molecule has 0 aromatic rings. The summed E-state index contributed by atoms with van der Waals surface area (Å²) in [5, 5.41) is 0. The first-order chi connectivity index (χ1) is 6.56. The molecule has 1 N–H and O–H groups in total. The minimum Gasteiger partial charge on any atom is -0.329 e. The van der Waals surface area contributed by atoms with Crippen molar-refractivity contribution in [1.82, 2.24) is 0 Å². The molecule has 0 saturated carbocycles. The number of quaternary nitrogens is 1. The summed E-state index contributed by atoms with van der Waals surface area (Å²) in [4.78, 5) is 20.4. The number of hydrogen-bond donors (Lipinski definition) is 1. The average molecular weight is 236 g/mol. The predicted molar refractivity (Wildman–Crippen MR) is 58.5 cm³/mol. The number of nitrogens with zero attached hydrogens (tertiary/aromatic N) is 1. The Hall–Kier alpha value is -0.480. The summed E-state index contributed by atoms with van der Waals surface area (Å²) in [6.07, 6.45) is 0. The second-order valence-corrected chi connectivity index (χ2v) is 6.16. The van der Waals surface area contributed by atoms with E-state index in [0.717, 1.165) is 0 Å². The molecule has 0 aliphatic carbocycles. The molecule has 0 amide bonds. The van der Waals surface area contributed by atoms with Gasteiger partial charge < -0.3 is 9.38 Å². The van der Waals surface area contributed by atoms with Gasteiger partial charge in [0.2, 0.25) is 0 Å². The number of hydrogen-bond acceptors (Lipinski definition) is 3. The first-order valence-corrected chi connectivity index (χ1v) is 6.12. The minimum absolute atomic E-state index is 0.0334. The smallest absolute Gasteiger partial charge is 0.329 e. The minimum atomic E-state index is -4.17. The fourth-order valence-corrected chi connectivity index (χ4v) is 1.67. The highest BCUT2D eigenvalue weighted by atomic mass is 31.2. The van der Waals surface area contributed by atoms with E-state index in [1.165, 1.54) is 6.92 Å². The fourth-order valence-electron chi connectivity index (χ4n) is 0.738. The SMILES string of the molecule is C=C(C)C(=O)P(=O)(O)OCC[N+](C)(C)C. The van der Waals surface area contributed by atoms with Crippen molar-refractivity contribution in [1.29, 1.82) is 0 Å². The van der Waals surface area contributed by atoms with Gasteiger partial charge in [0, 0.05) is 0 Å². The third-order valence-electron chi connectivity index (χ3n) is 1.65. The molecule has 0 saturated heterocycles. The van der Waals surface area contributed by atoms with Crippen LogP contribution in [0, 0.1) is 0 Å². The third-order valence-corrected chi connectivity index (χ3v) is 3.08.